The minimum atomic E-state index is -0.442. The molecule has 1 aliphatic carbocycles. The standard InChI is InChI=1S/C7H9NO2/c1-4-8-7-5(9)2-3-6(7)10-4/h2-3,5-7,9H,1H3/t5-,6-,7+/m1/s1. The number of fused-ring (bicyclic) bond motifs is 1. The Hall–Kier alpha value is -0.830. The summed E-state index contributed by atoms with van der Waals surface area (Å²) >= 11 is 0. The SMILES string of the molecule is CC1=N[C@H]2[C@H](O)C=C[C@H]2O1. The van der Waals surface area contributed by atoms with E-state index in [1.54, 1.807) is 13.0 Å². The summed E-state index contributed by atoms with van der Waals surface area (Å²) in [5, 5.41) is 9.24. The number of aliphatic hydroxyl groups is 1. The van der Waals surface area contributed by atoms with E-state index in [-0.39, 0.29) is 12.1 Å². The first kappa shape index (κ1) is 5.92. The van der Waals surface area contributed by atoms with Crippen LogP contribution in [0.5, 0.6) is 0 Å². The molecular formula is C7H9NO2. The van der Waals surface area contributed by atoms with E-state index >= 15 is 0 Å². The number of hydrogen-bond donors (Lipinski definition) is 1. The number of aliphatic imine (C=N–C) groups is 1. The highest BCUT2D eigenvalue weighted by Crippen LogP contribution is 2.23. The summed E-state index contributed by atoms with van der Waals surface area (Å²) in [6.07, 6.45) is 3.14. The van der Waals surface area contributed by atoms with Gasteiger partial charge < -0.3 is 9.84 Å². The molecule has 10 heavy (non-hydrogen) atoms. The molecule has 0 bridgehead atoms. The quantitative estimate of drug-likeness (QED) is 0.484. The lowest BCUT2D eigenvalue weighted by Crippen LogP contribution is -2.24. The van der Waals surface area contributed by atoms with Crippen LogP contribution >= 0.6 is 0 Å². The van der Waals surface area contributed by atoms with Crippen molar-refractivity contribution in [2.45, 2.75) is 25.2 Å². The van der Waals surface area contributed by atoms with Crippen molar-refractivity contribution in [1.29, 1.82) is 0 Å². The third kappa shape index (κ3) is 0.671. The highest BCUT2D eigenvalue weighted by Gasteiger charge is 2.36. The Labute approximate surface area is 59.0 Å². The van der Waals surface area contributed by atoms with Gasteiger partial charge in [-0.1, -0.05) is 6.08 Å². The third-order valence-electron chi connectivity index (χ3n) is 1.82. The van der Waals surface area contributed by atoms with E-state index in [1.807, 2.05) is 6.08 Å². The van der Waals surface area contributed by atoms with Gasteiger partial charge in [0.2, 0.25) is 0 Å². The van der Waals surface area contributed by atoms with Gasteiger partial charge in [0.1, 0.15) is 12.1 Å². The van der Waals surface area contributed by atoms with Crippen molar-refractivity contribution < 1.29 is 9.84 Å². The molecule has 0 aromatic heterocycles. The number of nitrogens with zero attached hydrogens (tertiary/aromatic N) is 1. The van der Waals surface area contributed by atoms with Gasteiger partial charge in [-0.05, 0) is 6.08 Å². The van der Waals surface area contributed by atoms with Crippen LogP contribution in [-0.2, 0) is 4.74 Å². The molecule has 0 fully saturated rings. The van der Waals surface area contributed by atoms with Crippen molar-refractivity contribution >= 4 is 5.90 Å². The van der Waals surface area contributed by atoms with Crippen molar-refractivity contribution in [3.8, 4) is 0 Å². The molecular weight excluding hydrogens is 130 g/mol. The van der Waals surface area contributed by atoms with Gasteiger partial charge in [0.15, 0.2) is 5.90 Å². The molecule has 0 saturated heterocycles. The first-order chi connectivity index (χ1) is 4.77. The molecule has 1 aliphatic heterocycles. The molecule has 0 aromatic rings. The molecule has 2 rings (SSSR count). The van der Waals surface area contributed by atoms with E-state index in [4.69, 9.17) is 4.74 Å². The van der Waals surface area contributed by atoms with Crippen LogP contribution in [0.4, 0.5) is 0 Å². The van der Waals surface area contributed by atoms with Crippen LogP contribution in [0.2, 0.25) is 0 Å². The summed E-state index contributed by atoms with van der Waals surface area (Å²) in [5.74, 6) is 0.679. The predicted octanol–water partition coefficient (Wildman–Crippen LogP) is 0.103. The summed E-state index contributed by atoms with van der Waals surface area (Å²) < 4.78 is 5.26. The van der Waals surface area contributed by atoms with Gasteiger partial charge in [-0.3, -0.25) is 0 Å². The number of aliphatic hydroxyl groups excluding tert-OH is 1. The Bertz CT molecular complexity index is 210. The number of rotatable bonds is 0. The number of ether oxygens (including phenoxy) is 1. The zero-order valence-electron chi connectivity index (χ0n) is 5.69. The minimum absolute atomic E-state index is 0.00463. The highest BCUT2D eigenvalue weighted by atomic mass is 16.5. The topological polar surface area (TPSA) is 41.8 Å². The van der Waals surface area contributed by atoms with Gasteiger partial charge in [-0.2, -0.15) is 0 Å². The average molecular weight is 139 g/mol. The van der Waals surface area contributed by atoms with Crippen LogP contribution in [0.1, 0.15) is 6.92 Å². The minimum Gasteiger partial charge on any atom is -0.471 e. The summed E-state index contributed by atoms with van der Waals surface area (Å²) in [5.41, 5.74) is 0. The smallest absolute Gasteiger partial charge is 0.181 e. The second kappa shape index (κ2) is 1.83. The van der Waals surface area contributed by atoms with Crippen molar-refractivity contribution in [2.24, 2.45) is 4.99 Å². The molecule has 0 unspecified atom stereocenters. The van der Waals surface area contributed by atoms with Gasteiger partial charge in [0, 0.05) is 6.92 Å². The molecule has 0 saturated carbocycles. The molecule has 0 spiro atoms. The van der Waals surface area contributed by atoms with Crippen LogP contribution in [0.3, 0.4) is 0 Å². The van der Waals surface area contributed by atoms with E-state index in [0.29, 0.717) is 5.90 Å². The van der Waals surface area contributed by atoms with Crippen molar-refractivity contribution in [2.75, 3.05) is 0 Å². The summed E-state index contributed by atoms with van der Waals surface area (Å²) in [6.45, 7) is 1.80. The molecule has 54 valence electrons. The molecule has 3 atom stereocenters. The van der Waals surface area contributed by atoms with E-state index in [9.17, 15) is 5.11 Å². The van der Waals surface area contributed by atoms with Gasteiger partial charge in [0.05, 0.1) is 6.10 Å². The fourth-order valence-corrected chi connectivity index (χ4v) is 1.34. The molecule has 0 aromatic carbocycles. The summed E-state index contributed by atoms with van der Waals surface area (Å²) in [4.78, 5) is 4.11. The monoisotopic (exact) mass is 139 g/mol. The third-order valence-corrected chi connectivity index (χ3v) is 1.82. The Morgan fingerprint density at radius 3 is 3.10 bits per heavy atom. The second-order valence-corrected chi connectivity index (χ2v) is 2.60. The van der Waals surface area contributed by atoms with E-state index < -0.39 is 6.10 Å². The second-order valence-electron chi connectivity index (χ2n) is 2.60. The highest BCUT2D eigenvalue weighted by molar-refractivity contribution is 5.76. The molecule has 2 aliphatic rings. The lowest BCUT2D eigenvalue weighted by molar-refractivity contribution is 0.156. The van der Waals surface area contributed by atoms with Crippen LogP contribution in [-0.4, -0.2) is 29.3 Å². The van der Waals surface area contributed by atoms with Gasteiger partial charge >= 0.3 is 0 Å². The molecule has 1 heterocycles. The number of hydrogen-bond acceptors (Lipinski definition) is 3. The first-order valence-corrected chi connectivity index (χ1v) is 3.35. The van der Waals surface area contributed by atoms with Crippen molar-refractivity contribution in [3.63, 3.8) is 0 Å². The normalized spacial score (nSPS) is 43.0. The maximum atomic E-state index is 9.24. The van der Waals surface area contributed by atoms with Crippen LogP contribution in [0.25, 0.3) is 0 Å². The van der Waals surface area contributed by atoms with Crippen LogP contribution < -0.4 is 0 Å². The molecule has 3 heteroatoms. The first-order valence-electron chi connectivity index (χ1n) is 3.35. The Kier molecular flexibility index (Phi) is 1.08. The zero-order chi connectivity index (χ0) is 7.14. The van der Waals surface area contributed by atoms with Gasteiger partial charge in [-0.15, -0.1) is 0 Å². The van der Waals surface area contributed by atoms with E-state index in [2.05, 4.69) is 4.99 Å². The Morgan fingerprint density at radius 1 is 1.60 bits per heavy atom. The Morgan fingerprint density at radius 2 is 2.40 bits per heavy atom. The maximum absolute atomic E-state index is 9.24. The zero-order valence-corrected chi connectivity index (χ0v) is 5.69. The van der Waals surface area contributed by atoms with Crippen molar-refractivity contribution in [3.05, 3.63) is 12.2 Å². The largest absolute Gasteiger partial charge is 0.471 e. The fraction of sp³-hybridized carbons (Fsp3) is 0.571. The van der Waals surface area contributed by atoms with Crippen molar-refractivity contribution in [1.82, 2.24) is 0 Å². The summed E-state index contributed by atoms with van der Waals surface area (Å²) in [6, 6.07) is -0.0694. The summed E-state index contributed by atoms with van der Waals surface area (Å²) in [7, 11) is 0. The van der Waals surface area contributed by atoms with Gasteiger partial charge in [0.25, 0.3) is 0 Å². The van der Waals surface area contributed by atoms with Crippen LogP contribution in [0, 0.1) is 0 Å². The molecule has 3 nitrogen and oxygen atoms in total. The lowest BCUT2D eigenvalue weighted by atomic mass is 10.2. The van der Waals surface area contributed by atoms with Crippen LogP contribution in [0.15, 0.2) is 17.1 Å². The fourth-order valence-electron chi connectivity index (χ4n) is 1.34. The molecule has 0 radical (unpaired) electrons. The van der Waals surface area contributed by atoms with Gasteiger partial charge in [-0.25, -0.2) is 4.99 Å². The molecule has 0 amide bonds. The van der Waals surface area contributed by atoms with E-state index in [1.165, 1.54) is 0 Å². The maximum Gasteiger partial charge on any atom is 0.181 e. The predicted molar refractivity (Wildman–Crippen MR) is 36.9 cm³/mol. The Balaban J connectivity index is 2.21. The average Bonchev–Trinajstić information content (AvgIpc) is 2.35. The lowest BCUT2D eigenvalue weighted by Gasteiger charge is -2.08. The van der Waals surface area contributed by atoms with E-state index in [0.717, 1.165) is 0 Å². The molecule has 1 N–H and O–H groups in total.